The number of nitrogens with zero attached hydrogens (tertiary/aromatic N) is 1. The highest BCUT2D eigenvalue weighted by Gasteiger charge is 2.35. The lowest BCUT2D eigenvalue weighted by Gasteiger charge is -2.16. The van der Waals surface area contributed by atoms with Crippen molar-refractivity contribution in [3.63, 3.8) is 0 Å². The first-order valence-corrected chi connectivity index (χ1v) is 5.45. The summed E-state index contributed by atoms with van der Waals surface area (Å²) < 4.78 is 69.9. The van der Waals surface area contributed by atoms with E-state index < -0.39 is 47.3 Å². The number of alkyl halides is 6. The van der Waals surface area contributed by atoms with Crippen LogP contribution in [0.2, 0.25) is 0 Å². The Morgan fingerprint density at radius 3 is 2.45 bits per heavy atom. The number of pyridine rings is 1. The van der Waals surface area contributed by atoms with Crippen LogP contribution in [0.5, 0.6) is 5.75 Å². The molecule has 10 heteroatoms. The molecule has 0 atom stereocenters. The SMILES string of the molecule is COC(=O)c1cc(OC(F)(F)F)c(C(F)F)c(CCl)n1. The van der Waals surface area contributed by atoms with Gasteiger partial charge in [-0.15, -0.1) is 24.8 Å². The molecule has 0 spiro atoms. The molecule has 1 heterocycles. The van der Waals surface area contributed by atoms with Gasteiger partial charge in [0.1, 0.15) is 5.75 Å². The van der Waals surface area contributed by atoms with E-state index in [1.54, 1.807) is 0 Å². The number of ether oxygens (including phenoxy) is 2. The Bertz CT molecular complexity index is 506. The van der Waals surface area contributed by atoms with Crippen LogP contribution in [0.4, 0.5) is 22.0 Å². The first kappa shape index (κ1) is 16.4. The van der Waals surface area contributed by atoms with Gasteiger partial charge in [0, 0.05) is 6.07 Å². The number of methoxy groups -OCH3 is 1. The van der Waals surface area contributed by atoms with Gasteiger partial charge in [-0.3, -0.25) is 0 Å². The maximum absolute atomic E-state index is 12.8. The third-order valence-electron chi connectivity index (χ3n) is 2.06. The fourth-order valence-corrected chi connectivity index (χ4v) is 1.54. The van der Waals surface area contributed by atoms with Crippen LogP contribution in [0.15, 0.2) is 6.07 Å². The summed E-state index contributed by atoms with van der Waals surface area (Å²) in [7, 11) is 0.954. The number of halogens is 6. The van der Waals surface area contributed by atoms with Crippen molar-refractivity contribution in [3.8, 4) is 5.75 Å². The number of aromatic nitrogens is 1. The van der Waals surface area contributed by atoms with Gasteiger partial charge in [-0.05, 0) is 0 Å². The van der Waals surface area contributed by atoms with Crippen LogP contribution in [0.25, 0.3) is 0 Å². The zero-order valence-corrected chi connectivity index (χ0v) is 10.6. The van der Waals surface area contributed by atoms with Crippen molar-refractivity contribution in [3.05, 3.63) is 23.0 Å². The Hall–Kier alpha value is -1.64. The summed E-state index contributed by atoms with van der Waals surface area (Å²) in [6.07, 6.45) is -8.51. The van der Waals surface area contributed by atoms with Crippen molar-refractivity contribution in [2.24, 2.45) is 0 Å². The van der Waals surface area contributed by atoms with Crippen LogP contribution in [0.1, 0.15) is 28.2 Å². The quantitative estimate of drug-likeness (QED) is 0.484. The minimum atomic E-state index is -5.21. The zero-order valence-electron chi connectivity index (χ0n) is 9.80. The lowest BCUT2D eigenvalue weighted by molar-refractivity contribution is -0.275. The van der Waals surface area contributed by atoms with E-state index in [2.05, 4.69) is 14.5 Å². The van der Waals surface area contributed by atoms with E-state index in [0.717, 1.165) is 7.11 Å². The highest BCUT2D eigenvalue weighted by molar-refractivity contribution is 6.17. The molecule has 0 radical (unpaired) electrons. The smallest absolute Gasteiger partial charge is 0.464 e. The standard InChI is InChI=1S/C10H7ClF5NO3/c1-19-9(18)4-2-6(20-10(14,15)16)7(8(12)13)5(3-11)17-4/h2,8H,3H2,1H3. The van der Waals surface area contributed by atoms with Gasteiger partial charge in [-0.2, -0.15) is 0 Å². The van der Waals surface area contributed by atoms with E-state index in [4.69, 9.17) is 11.6 Å². The van der Waals surface area contributed by atoms with E-state index in [1.165, 1.54) is 0 Å². The topological polar surface area (TPSA) is 48.4 Å². The summed E-state index contributed by atoms with van der Waals surface area (Å²) in [5.41, 5.74) is -2.33. The molecular weight excluding hydrogens is 313 g/mol. The summed E-state index contributed by atoms with van der Waals surface area (Å²) in [5, 5.41) is 0. The average Bonchev–Trinajstić information content (AvgIpc) is 2.34. The lowest BCUT2D eigenvalue weighted by Crippen LogP contribution is -2.20. The molecule has 0 saturated carbocycles. The fourth-order valence-electron chi connectivity index (χ4n) is 1.34. The Balaban J connectivity index is 3.45. The van der Waals surface area contributed by atoms with Crippen LogP contribution in [0.3, 0.4) is 0 Å². The molecule has 20 heavy (non-hydrogen) atoms. The number of hydrogen-bond donors (Lipinski definition) is 0. The van der Waals surface area contributed by atoms with Crippen LogP contribution in [-0.2, 0) is 10.6 Å². The molecule has 0 N–H and O–H groups in total. The second kappa shape index (κ2) is 6.21. The van der Waals surface area contributed by atoms with Gasteiger partial charge in [0.15, 0.2) is 5.69 Å². The Labute approximate surface area is 114 Å². The van der Waals surface area contributed by atoms with Crippen LogP contribution >= 0.6 is 11.6 Å². The monoisotopic (exact) mass is 319 g/mol. The number of hydrogen-bond acceptors (Lipinski definition) is 4. The zero-order chi connectivity index (χ0) is 15.5. The Kier molecular flexibility index (Phi) is 5.09. The van der Waals surface area contributed by atoms with Crippen molar-refractivity contribution >= 4 is 17.6 Å². The highest BCUT2D eigenvalue weighted by atomic mass is 35.5. The number of carbonyl (C=O) groups excluding carboxylic acids is 1. The molecule has 0 aliphatic rings. The van der Waals surface area contributed by atoms with Crippen molar-refractivity contribution < 1.29 is 36.2 Å². The second-order valence-corrected chi connectivity index (χ2v) is 3.61. The molecule has 0 bridgehead atoms. The number of carbonyl (C=O) groups is 1. The van der Waals surface area contributed by atoms with E-state index in [0.29, 0.717) is 6.07 Å². The van der Waals surface area contributed by atoms with Gasteiger partial charge < -0.3 is 9.47 Å². The van der Waals surface area contributed by atoms with E-state index in [-0.39, 0.29) is 0 Å². The molecule has 1 rings (SSSR count). The third-order valence-corrected chi connectivity index (χ3v) is 2.32. The normalized spacial score (nSPS) is 11.6. The molecule has 0 aromatic carbocycles. The fraction of sp³-hybridized carbons (Fsp3) is 0.400. The number of esters is 1. The van der Waals surface area contributed by atoms with Gasteiger partial charge in [-0.1, -0.05) is 0 Å². The number of rotatable bonds is 4. The Morgan fingerprint density at radius 1 is 1.45 bits per heavy atom. The maximum atomic E-state index is 12.8. The second-order valence-electron chi connectivity index (χ2n) is 3.34. The van der Waals surface area contributed by atoms with Gasteiger partial charge in [0.2, 0.25) is 0 Å². The van der Waals surface area contributed by atoms with Gasteiger partial charge in [0.05, 0.1) is 24.2 Å². The van der Waals surface area contributed by atoms with Crippen molar-refractivity contribution in [1.82, 2.24) is 4.98 Å². The molecule has 0 amide bonds. The molecule has 0 unspecified atom stereocenters. The first-order valence-electron chi connectivity index (χ1n) is 4.91. The van der Waals surface area contributed by atoms with Gasteiger partial charge >= 0.3 is 12.3 Å². The lowest BCUT2D eigenvalue weighted by atomic mass is 10.1. The molecule has 0 aliphatic carbocycles. The maximum Gasteiger partial charge on any atom is 0.573 e. The first-order chi connectivity index (χ1) is 9.19. The predicted molar refractivity (Wildman–Crippen MR) is 56.8 cm³/mol. The van der Waals surface area contributed by atoms with Crippen molar-refractivity contribution in [2.75, 3.05) is 7.11 Å². The largest absolute Gasteiger partial charge is 0.573 e. The molecule has 1 aromatic heterocycles. The minimum Gasteiger partial charge on any atom is -0.464 e. The summed E-state index contributed by atoms with van der Waals surface area (Å²) >= 11 is 5.35. The van der Waals surface area contributed by atoms with Crippen molar-refractivity contribution in [1.29, 1.82) is 0 Å². The summed E-state index contributed by atoms with van der Waals surface area (Å²) in [4.78, 5) is 14.7. The van der Waals surface area contributed by atoms with Crippen LogP contribution < -0.4 is 4.74 Å². The van der Waals surface area contributed by atoms with E-state index in [9.17, 15) is 26.7 Å². The summed E-state index contributed by atoms with van der Waals surface area (Å²) in [6.45, 7) is 0. The molecule has 0 saturated heterocycles. The highest BCUT2D eigenvalue weighted by Crippen LogP contribution is 2.36. The van der Waals surface area contributed by atoms with Gasteiger partial charge in [-0.25, -0.2) is 18.6 Å². The molecule has 1 aromatic rings. The van der Waals surface area contributed by atoms with Crippen molar-refractivity contribution in [2.45, 2.75) is 18.7 Å². The summed E-state index contributed by atoms with van der Waals surface area (Å²) in [6, 6.07) is 0.427. The molecule has 112 valence electrons. The van der Waals surface area contributed by atoms with Gasteiger partial charge in [0.25, 0.3) is 6.43 Å². The predicted octanol–water partition coefficient (Wildman–Crippen LogP) is 3.44. The Morgan fingerprint density at radius 2 is 2.05 bits per heavy atom. The molecular formula is C10H7ClF5NO3. The van der Waals surface area contributed by atoms with E-state index in [1.807, 2.05) is 0 Å². The molecule has 0 fully saturated rings. The average molecular weight is 320 g/mol. The molecule has 0 aliphatic heterocycles. The van der Waals surface area contributed by atoms with Crippen LogP contribution in [-0.4, -0.2) is 24.4 Å². The molecule has 4 nitrogen and oxygen atoms in total. The summed E-state index contributed by atoms with van der Waals surface area (Å²) in [5.74, 6) is -2.97. The minimum absolute atomic E-state index is 0.427. The van der Waals surface area contributed by atoms with Crippen LogP contribution in [0, 0.1) is 0 Å². The van der Waals surface area contributed by atoms with E-state index >= 15 is 0 Å². The third kappa shape index (κ3) is 3.92.